The maximum atomic E-state index is 13.0. The maximum Gasteiger partial charge on any atom is 0.411 e. The molecule has 0 spiro atoms. The summed E-state index contributed by atoms with van der Waals surface area (Å²) in [5.74, 6) is 2.42. The van der Waals surface area contributed by atoms with Crippen LogP contribution >= 0.6 is 23.4 Å². The van der Waals surface area contributed by atoms with E-state index in [0.717, 1.165) is 28.5 Å². The van der Waals surface area contributed by atoms with Crippen molar-refractivity contribution in [2.45, 2.75) is 44.3 Å². The number of aromatic nitrogens is 2. The number of nitrogens with zero attached hydrogens (tertiary/aromatic N) is 4. The quantitative estimate of drug-likeness (QED) is 0.740. The van der Waals surface area contributed by atoms with E-state index in [9.17, 15) is 4.79 Å². The van der Waals surface area contributed by atoms with Crippen molar-refractivity contribution in [2.24, 2.45) is 0 Å². The maximum absolute atomic E-state index is 13.0. The van der Waals surface area contributed by atoms with Crippen LogP contribution in [0.4, 0.5) is 16.4 Å². The van der Waals surface area contributed by atoms with Gasteiger partial charge in [0.25, 0.3) is 0 Å². The van der Waals surface area contributed by atoms with Crippen molar-refractivity contribution in [3.05, 3.63) is 46.7 Å². The molecule has 2 aliphatic rings. The first-order valence-electron chi connectivity index (χ1n) is 9.90. The van der Waals surface area contributed by atoms with E-state index in [-0.39, 0.29) is 17.5 Å². The Bertz CT molecular complexity index is 934. The summed E-state index contributed by atoms with van der Waals surface area (Å²) in [6.45, 7) is 6.95. The largest absolute Gasteiger partial charge is 0.444 e. The molecule has 2 bridgehead atoms. The highest BCUT2D eigenvalue weighted by Gasteiger charge is 2.45. The van der Waals surface area contributed by atoms with Crippen LogP contribution in [0.1, 0.15) is 37.3 Å². The van der Waals surface area contributed by atoms with Crippen molar-refractivity contribution < 1.29 is 9.53 Å². The third kappa shape index (κ3) is 4.30. The van der Waals surface area contributed by atoms with Crippen LogP contribution in [0.3, 0.4) is 0 Å². The van der Waals surface area contributed by atoms with Gasteiger partial charge in [-0.3, -0.25) is 4.90 Å². The number of rotatable bonds is 3. The van der Waals surface area contributed by atoms with Gasteiger partial charge in [0.2, 0.25) is 0 Å². The van der Waals surface area contributed by atoms with Gasteiger partial charge in [-0.05, 0) is 38.5 Å². The summed E-state index contributed by atoms with van der Waals surface area (Å²) in [5, 5.41) is 3.93. The number of anilines is 2. The van der Waals surface area contributed by atoms with Crippen LogP contribution in [0.15, 0.2) is 30.6 Å². The molecule has 3 heterocycles. The number of ether oxygens (including phenoxy) is 1. The Morgan fingerprint density at radius 2 is 2.07 bits per heavy atom. The Hall–Kier alpha value is -2.19. The van der Waals surface area contributed by atoms with Gasteiger partial charge in [-0.15, -0.1) is 11.8 Å². The van der Waals surface area contributed by atoms with Crippen molar-refractivity contribution in [3.8, 4) is 0 Å². The molecule has 7 nitrogen and oxygen atoms in total. The van der Waals surface area contributed by atoms with Gasteiger partial charge in [0.05, 0.1) is 11.6 Å². The van der Waals surface area contributed by atoms with E-state index in [2.05, 4.69) is 20.2 Å². The second-order valence-electron chi connectivity index (χ2n) is 8.55. The van der Waals surface area contributed by atoms with Crippen molar-refractivity contribution in [2.75, 3.05) is 29.6 Å². The minimum atomic E-state index is -0.550. The van der Waals surface area contributed by atoms with E-state index in [1.165, 1.54) is 0 Å². The lowest BCUT2D eigenvalue weighted by Crippen LogP contribution is -2.43. The third-order valence-corrected chi connectivity index (χ3v) is 6.61. The van der Waals surface area contributed by atoms with Gasteiger partial charge in [0, 0.05) is 30.9 Å². The van der Waals surface area contributed by atoms with Gasteiger partial charge in [0.1, 0.15) is 28.9 Å². The highest BCUT2D eigenvalue weighted by atomic mass is 35.5. The predicted octanol–water partition coefficient (Wildman–Crippen LogP) is 4.54. The molecule has 1 amide bonds. The molecule has 2 aromatic rings. The number of hydrogen-bond acceptors (Lipinski definition) is 7. The highest BCUT2D eigenvalue weighted by molar-refractivity contribution is 7.99. The molecular weight excluding hydrogens is 422 g/mol. The molecular formula is C21H26ClN5O2S. The van der Waals surface area contributed by atoms with Gasteiger partial charge in [-0.2, -0.15) is 0 Å². The number of carbonyl (C=O) groups is 1. The second kappa shape index (κ2) is 8.15. The summed E-state index contributed by atoms with van der Waals surface area (Å²) in [6.07, 6.45) is 1.27. The van der Waals surface area contributed by atoms with Crippen LogP contribution in [-0.2, 0) is 11.3 Å². The molecule has 1 saturated heterocycles. The van der Waals surface area contributed by atoms with Crippen LogP contribution in [0, 0.1) is 0 Å². The first-order valence-corrected chi connectivity index (χ1v) is 11.3. The fourth-order valence-corrected chi connectivity index (χ4v) is 5.32. The smallest absolute Gasteiger partial charge is 0.411 e. The Morgan fingerprint density at radius 3 is 2.77 bits per heavy atom. The number of fused-ring (bicyclic) bond motifs is 4. The Kier molecular flexibility index (Phi) is 5.72. The standard InChI is InChI=1S/C21H26ClN5O2S/c1-21(2,3)29-20(28)27-15-9-23-17-16(19(27)30-11-15)18(25-12-24-17)26(4)10-13-5-7-14(22)8-6-13/h5-8,12,15,19H,9-11H2,1-4H3,(H,23,24,25)/t15-,19+/m1/s1. The van der Waals surface area contributed by atoms with E-state index in [1.54, 1.807) is 18.1 Å². The lowest BCUT2D eigenvalue weighted by Gasteiger charge is -2.31. The van der Waals surface area contributed by atoms with Crippen molar-refractivity contribution in [1.82, 2.24) is 14.9 Å². The summed E-state index contributed by atoms with van der Waals surface area (Å²) in [5.41, 5.74) is 1.49. The zero-order valence-electron chi connectivity index (χ0n) is 17.6. The summed E-state index contributed by atoms with van der Waals surface area (Å²) < 4.78 is 5.71. The summed E-state index contributed by atoms with van der Waals surface area (Å²) in [7, 11) is 2.00. The Balaban J connectivity index is 1.67. The number of thioether (sulfide) groups is 1. The number of nitrogens with one attached hydrogen (secondary N) is 1. The normalized spacial score (nSPS) is 20.2. The molecule has 1 N–H and O–H groups in total. The zero-order chi connectivity index (χ0) is 21.5. The van der Waals surface area contributed by atoms with Gasteiger partial charge in [0.15, 0.2) is 0 Å². The van der Waals surface area contributed by atoms with Crippen LogP contribution in [-0.4, -0.2) is 51.9 Å². The molecule has 0 radical (unpaired) electrons. The Morgan fingerprint density at radius 1 is 1.33 bits per heavy atom. The number of halogens is 1. The topological polar surface area (TPSA) is 70.6 Å². The molecule has 0 saturated carbocycles. The first kappa shape index (κ1) is 21.1. The lowest BCUT2D eigenvalue weighted by molar-refractivity contribution is 0.0188. The molecule has 2 aliphatic heterocycles. The minimum absolute atomic E-state index is 0.0403. The molecule has 9 heteroatoms. The fraction of sp³-hybridized carbons (Fsp3) is 0.476. The van der Waals surface area contributed by atoms with Crippen LogP contribution < -0.4 is 10.2 Å². The van der Waals surface area contributed by atoms with Crippen molar-refractivity contribution in [3.63, 3.8) is 0 Å². The average molecular weight is 448 g/mol. The SMILES string of the molecule is CN(Cc1ccc(Cl)cc1)c1ncnc2c1[C@@H]1SC[C@@H](CN2)N1C(=O)OC(C)(C)C. The van der Waals surface area contributed by atoms with Crippen LogP contribution in [0.25, 0.3) is 0 Å². The van der Waals surface area contributed by atoms with E-state index >= 15 is 0 Å². The van der Waals surface area contributed by atoms with Gasteiger partial charge >= 0.3 is 6.09 Å². The molecule has 1 fully saturated rings. The van der Waals surface area contributed by atoms with E-state index in [1.807, 2.05) is 57.0 Å². The van der Waals surface area contributed by atoms with Gasteiger partial charge in [-0.1, -0.05) is 23.7 Å². The average Bonchev–Trinajstić information content (AvgIpc) is 3.01. The molecule has 30 heavy (non-hydrogen) atoms. The number of hydrogen-bond donors (Lipinski definition) is 1. The molecule has 160 valence electrons. The molecule has 4 rings (SSSR count). The summed E-state index contributed by atoms with van der Waals surface area (Å²) in [4.78, 5) is 26.0. The number of amides is 1. The van der Waals surface area contributed by atoms with Gasteiger partial charge in [-0.25, -0.2) is 14.8 Å². The monoisotopic (exact) mass is 447 g/mol. The Labute approximate surface area is 186 Å². The third-order valence-electron chi connectivity index (χ3n) is 5.01. The number of benzene rings is 1. The van der Waals surface area contributed by atoms with E-state index in [4.69, 9.17) is 16.3 Å². The molecule has 0 unspecified atom stereocenters. The zero-order valence-corrected chi connectivity index (χ0v) is 19.1. The lowest BCUT2D eigenvalue weighted by atomic mass is 10.2. The summed E-state index contributed by atoms with van der Waals surface area (Å²) in [6, 6.07) is 7.82. The van der Waals surface area contributed by atoms with Crippen LogP contribution in [0.5, 0.6) is 0 Å². The second-order valence-corrected chi connectivity index (χ2v) is 10.1. The predicted molar refractivity (Wildman–Crippen MR) is 121 cm³/mol. The van der Waals surface area contributed by atoms with E-state index in [0.29, 0.717) is 18.1 Å². The molecule has 2 atom stereocenters. The van der Waals surface area contributed by atoms with E-state index < -0.39 is 5.60 Å². The first-order chi connectivity index (χ1) is 14.2. The fourth-order valence-electron chi connectivity index (χ4n) is 3.71. The number of carbonyl (C=O) groups excluding carboxylic acids is 1. The van der Waals surface area contributed by atoms with Crippen LogP contribution in [0.2, 0.25) is 5.02 Å². The highest BCUT2D eigenvalue weighted by Crippen LogP contribution is 2.48. The van der Waals surface area contributed by atoms with Gasteiger partial charge < -0.3 is 15.0 Å². The van der Waals surface area contributed by atoms with Crippen molar-refractivity contribution >= 4 is 41.1 Å². The van der Waals surface area contributed by atoms with Crippen molar-refractivity contribution in [1.29, 1.82) is 0 Å². The minimum Gasteiger partial charge on any atom is -0.444 e. The molecule has 1 aromatic carbocycles. The summed E-state index contributed by atoms with van der Waals surface area (Å²) >= 11 is 7.75. The molecule has 1 aromatic heterocycles. The molecule has 0 aliphatic carbocycles.